The van der Waals surface area contributed by atoms with Crippen LogP contribution in [0.5, 0.6) is 0 Å². The second-order valence-electron chi connectivity index (χ2n) is 4.48. The normalized spacial score (nSPS) is 12.2. The van der Waals surface area contributed by atoms with E-state index in [0.717, 1.165) is 12.8 Å². The highest BCUT2D eigenvalue weighted by molar-refractivity contribution is 5.25. The summed E-state index contributed by atoms with van der Waals surface area (Å²) in [5.41, 5.74) is 6.91. The molecule has 0 radical (unpaired) electrons. The molecule has 0 bridgehead atoms. The summed E-state index contributed by atoms with van der Waals surface area (Å²) in [5, 5.41) is 0. The number of benzene rings is 1. The van der Waals surface area contributed by atoms with Crippen LogP contribution in [0, 0.1) is 6.92 Å². The molecule has 1 aromatic carbocycles. The van der Waals surface area contributed by atoms with Gasteiger partial charge in [0.15, 0.2) is 0 Å². The predicted molar refractivity (Wildman–Crippen MR) is 70.0 cm³/mol. The average Bonchev–Trinajstić information content (AvgIpc) is 2.25. The summed E-state index contributed by atoms with van der Waals surface area (Å²) >= 11 is 0. The minimum Gasteiger partial charge on any atom is -0.271 e. The van der Waals surface area contributed by atoms with Gasteiger partial charge >= 0.3 is 0 Å². The minimum atomic E-state index is 0.268. The summed E-state index contributed by atoms with van der Waals surface area (Å²) in [4.78, 5) is 0. The molecule has 2 heteroatoms. The smallest absolute Gasteiger partial charge is 0.0396 e. The third kappa shape index (κ3) is 4.17. The van der Waals surface area contributed by atoms with E-state index in [1.54, 1.807) is 0 Å². The Labute approximate surface area is 98.5 Å². The molecule has 88 valence electrons. The summed E-state index contributed by atoms with van der Waals surface area (Å²) in [6.07, 6.45) is 4.27. The number of aryl methyl sites for hydroxylation is 2. The van der Waals surface area contributed by atoms with Gasteiger partial charge in [0.05, 0.1) is 0 Å². The van der Waals surface area contributed by atoms with Gasteiger partial charge in [0.1, 0.15) is 0 Å². The van der Waals surface area contributed by atoms with Crippen molar-refractivity contribution < 1.29 is 0 Å². The summed E-state index contributed by atoms with van der Waals surface area (Å²) in [7, 11) is 0. The van der Waals surface area contributed by atoms with E-state index in [2.05, 4.69) is 56.5 Å². The first-order valence-electron chi connectivity index (χ1n) is 5.79. The number of hydrazine groups is 1. The van der Waals surface area contributed by atoms with Crippen LogP contribution in [0.2, 0.25) is 0 Å². The number of rotatable bonds is 5. The molecule has 0 amide bonds. The van der Waals surface area contributed by atoms with Gasteiger partial charge in [-0.3, -0.25) is 11.3 Å². The molecule has 0 heterocycles. The molecular weight excluding hydrogens is 196 g/mol. The second kappa shape index (κ2) is 6.46. The van der Waals surface area contributed by atoms with Crippen LogP contribution in [0.1, 0.15) is 31.4 Å². The lowest BCUT2D eigenvalue weighted by Crippen LogP contribution is -2.34. The number of nitrogens with two attached hydrogens (primary N) is 1. The molecule has 0 aliphatic heterocycles. The molecule has 0 aliphatic carbocycles. The van der Waals surface area contributed by atoms with Crippen molar-refractivity contribution in [1.29, 1.82) is 0 Å². The maximum absolute atomic E-state index is 5.53. The van der Waals surface area contributed by atoms with Crippen LogP contribution >= 0.6 is 0 Å². The zero-order valence-corrected chi connectivity index (χ0v) is 10.5. The fourth-order valence-corrected chi connectivity index (χ4v) is 1.82. The van der Waals surface area contributed by atoms with Gasteiger partial charge < -0.3 is 0 Å². The third-order valence-electron chi connectivity index (χ3n) is 2.73. The Morgan fingerprint density at radius 3 is 2.62 bits per heavy atom. The molecule has 0 aliphatic rings. The Morgan fingerprint density at radius 2 is 2.06 bits per heavy atom. The van der Waals surface area contributed by atoms with Crippen LogP contribution in [-0.4, -0.2) is 6.04 Å². The van der Waals surface area contributed by atoms with Crippen molar-refractivity contribution in [3.05, 3.63) is 47.0 Å². The Kier molecular flexibility index (Phi) is 5.23. The fourth-order valence-electron chi connectivity index (χ4n) is 1.82. The topological polar surface area (TPSA) is 38.0 Å². The first-order chi connectivity index (χ1) is 7.63. The van der Waals surface area contributed by atoms with Gasteiger partial charge in [-0.15, -0.1) is 0 Å². The van der Waals surface area contributed by atoms with E-state index in [1.807, 2.05) is 0 Å². The third-order valence-corrected chi connectivity index (χ3v) is 2.73. The Bertz CT molecular complexity index is 352. The maximum Gasteiger partial charge on any atom is 0.0396 e. The van der Waals surface area contributed by atoms with Gasteiger partial charge in [0.2, 0.25) is 0 Å². The molecule has 1 unspecified atom stereocenters. The summed E-state index contributed by atoms with van der Waals surface area (Å²) in [6, 6.07) is 8.78. The number of allylic oxidation sites excluding steroid dienone is 1. The standard InChI is InChI=1S/C14H22N2/c1-11(2)10-14(16-15)9-8-13-7-5-4-6-12(13)3/h4-7,10,14,16H,8-9,15H2,1-3H3. The van der Waals surface area contributed by atoms with E-state index in [9.17, 15) is 0 Å². The zero-order chi connectivity index (χ0) is 12.0. The highest BCUT2D eigenvalue weighted by Gasteiger charge is 2.04. The highest BCUT2D eigenvalue weighted by atomic mass is 15.2. The van der Waals surface area contributed by atoms with Crippen molar-refractivity contribution in [2.45, 2.75) is 39.7 Å². The van der Waals surface area contributed by atoms with Gasteiger partial charge in [-0.2, -0.15) is 0 Å². The first-order valence-corrected chi connectivity index (χ1v) is 5.79. The molecule has 1 atom stereocenters. The predicted octanol–water partition coefficient (Wildman–Crippen LogP) is 2.73. The number of hydrogen-bond donors (Lipinski definition) is 2. The maximum atomic E-state index is 5.53. The van der Waals surface area contributed by atoms with E-state index in [1.165, 1.54) is 16.7 Å². The van der Waals surface area contributed by atoms with Crippen molar-refractivity contribution in [3.8, 4) is 0 Å². The lowest BCUT2D eigenvalue weighted by molar-refractivity contribution is 0.573. The van der Waals surface area contributed by atoms with E-state index in [-0.39, 0.29) is 6.04 Å². The first kappa shape index (κ1) is 12.9. The Balaban J connectivity index is 2.56. The summed E-state index contributed by atoms with van der Waals surface area (Å²) < 4.78 is 0. The van der Waals surface area contributed by atoms with Crippen LogP contribution in [-0.2, 0) is 6.42 Å². The van der Waals surface area contributed by atoms with Gasteiger partial charge in [-0.05, 0) is 44.7 Å². The lowest BCUT2D eigenvalue weighted by atomic mass is 10.0. The number of hydrogen-bond acceptors (Lipinski definition) is 2. The number of nitrogens with one attached hydrogen (secondary N) is 1. The SMILES string of the molecule is CC(C)=CC(CCc1ccccc1C)NN. The molecule has 1 rings (SSSR count). The molecule has 0 fully saturated rings. The second-order valence-corrected chi connectivity index (χ2v) is 4.48. The molecule has 0 saturated heterocycles. The van der Waals surface area contributed by atoms with Crippen molar-refractivity contribution >= 4 is 0 Å². The van der Waals surface area contributed by atoms with E-state index in [4.69, 9.17) is 5.84 Å². The van der Waals surface area contributed by atoms with E-state index < -0.39 is 0 Å². The van der Waals surface area contributed by atoms with Crippen LogP contribution < -0.4 is 11.3 Å². The quantitative estimate of drug-likeness (QED) is 0.453. The summed E-state index contributed by atoms with van der Waals surface area (Å²) in [6.45, 7) is 6.34. The zero-order valence-electron chi connectivity index (χ0n) is 10.5. The molecule has 0 aromatic heterocycles. The van der Waals surface area contributed by atoms with Crippen LogP contribution in [0.25, 0.3) is 0 Å². The molecule has 2 nitrogen and oxygen atoms in total. The monoisotopic (exact) mass is 218 g/mol. The van der Waals surface area contributed by atoms with Crippen LogP contribution in [0.4, 0.5) is 0 Å². The molecule has 1 aromatic rings. The lowest BCUT2D eigenvalue weighted by Gasteiger charge is -2.13. The molecular formula is C14H22N2. The van der Waals surface area contributed by atoms with E-state index >= 15 is 0 Å². The molecule has 3 N–H and O–H groups in total. The van der Waals surface area contributed by atoms with Crippen molar-refractivity contribution in [2.24, 2.45) is 5.84 Å². The largest absolute Gasteiger partial charge is 0.271 e. The molecule has 0 saturated carbocycles. The summed E-state index contributed by atoms with van der Waals surface area (Å²) in [5.74, 6) is 5.53. The van der Waals surface area contributed by atoms with Gasteiger partial charge in [0.25, 0.3) is 0 Å². The average molecular weight is 218 g/mol. The Morgan fingerprint density at radius 1 is 1.38 bits per heavy atom. The van der Waals surface area contributed by atoms with E-state index in [0.29, 0.717) is 0 Å². The van der Waals surface area contributed by atoms with Crippen LogP contribution in [0.3, 0.4) is 0 Å². The van der Waals surface area contributed by atoms with Crippen molar-refractivity contribution in [3.63, 3.8) is 0 Å². The minimum absolute atomic E-state index is 0.268. The van der Waals surface area contributed by atoms with Crippen molar-refractivity contribution in [2.75, 3.05) is 0 Å². The van der Waals surface area contributed by atoms with Gasteiger partial charge in [0, 0.05) is 6.04 Å². The van der Waals surface area contributed by atoms with Gasteiger partial charge in [-0.1, -0.05) is 35.9 Å². The van der Waals surface area contributed by atoms with Crippen molar-refractivity contribution in [1.82, 2.24) is 5.43 Å². The van der Waals surface area contributed by atoms with Gasteiger partial charge in [-0.25, -0.2) is 0 Å². The Hall–Kier alpha value is -1.12. The highest BCUT2D eigenvalue weighted by Crippen LogP contribution is 2.11. The molecule has 0 spiro atoms. The molecule has 16 heavy (non-hydrogen) atoms. The van der Waals surface area contributed by atoms with Crippen LogP contribution in [0.15, 0.2) is 35.9 Å². The fraction of sp³-hybridized carbons (Fsp3) is 0.429.